The summed E-state index contributed by atoms with van der Waals surface area (Å²) in [6.07, 6.45) is -4.94. The van der Waals surface area contributed by atoms with E-state index in [4.69, 9.17) is 5.26 Å². The van der Waals surface area contributed by atoms with E-state index in [0.717, 1.165) is 6.07 Å². The Morgan fingerprint density at radius 3 is 2.53 bits per heavy atom. The Morgan fingerprint density at radius 1 is 1.42 bits per heavy atom. The Balaban J connectivity index is 3.34. The SMILES string of the molecule is CCOC(=O)c1cc(C)cc(OC(F)(F)F)c1C#N. The molecule has 0 N–H and O–H groups in total. The van der Waals surface area contributed by atoms with Gasteiger partial charge in [0, 0.05) is 0 Å². The Kier molecular flexibility index (Phi) is 4.38. The molecule has 19 heavy (non-hydrogen) atoms. The smallest absolute Gasteiger partial charge is 0.462 e. The van der Waals surface area contributed by atoms with Crippen molar-refractivity contribution in [2.45, 2.75) is 20.2 Å². The highest BCUT2D eigenvalue weighted by molar-refractivity contribution is 5.93. The van der Waals surface area contributed by atoms with Gasteiger partial charge in [0.25, 0.3) is 0 Å². The number of alkyl halides is 3. The monoisotopic (exact) mass is 273 g/mol. The van der Waals surface area contributed by atoms with Crippen LogP contribution in [0.5, 0.6) is 5.75 Å². The van der Waals surface area contributed by atoms with Crippen LogP contribution in [0.25, 0.3) is 0 Å². The molecule has 0 aliphatic heterocycles. The van der Waals surface area contributed by atoms with Gasteiger partial charge in [-0.25, -0.2) is 4.79 Å². The van der Waals surface area contributed by atoms with E-state index in [-0.39, 0.29) is 12.2 Å². The second-order valence-electron chi connectivity index (χ2n) is 3.57. The van der Waals surface area contributed by atoms with Gasteiger partial charge in [-0.3, -0.25) is 0 Å². The predicted octanol–water partition coefficient (Wildman–Crippen LogP) is 2.94. The first-order valence-electron chi connectivity index (χ1n) is 5.26. The molecule has 0 radical (unpaired) electrons. The van der Waals surface area contributed by atoms with Gasteiger partial charge in [-0.2, -0.15) is 5.26 Å². The van der Waals surface area contributed by atoms with E-state index in [0.29, 0.717) is 5.56 Å². The van der Waals surface area contributed by atoms with E-state index < -0.39 is 23.6 Å². The van der Waals surface area contributed by atoms with Crippen LogP contribution in [0.15, 0.2) is 12.1 Å². The molecule has 0 spiro atoms. The zero-order chi connectivity index (χ0) is 14.6. The number of halogens is 3. The summed E-state index contributed by atoms with van der Waals surface area (Å²) in [6, 6.07) is 3.84. The lowest BCUT2D eigenvalue weighted by Gasteiger charge is -2.13. The lowest BCUT2D eigenvalue weighted by molar-refractivity contribution is -0.274. The molecule has 0 atom stereocenters. The molecule has 102 valence electrons. The molecule has 4 nitrogen and oxygen atoms in total. The van der Waals surface area contributed by atoms with Crippen molar-refractivity contribution in [3.8, 4) is 11.8 Å². The molecule has 0 aromatic heterocycles. The molecule has 0 saturated carbocycles. The normalized spacial score (nSPS) is 10.7. The summed E-state index contributed by atoms with van der Waals surface area (Å²) >= 11 is 0. The first-order valence-corrected chi connectivity index (χ1v) is 5.26. The molecular formula is C12H10F3NO3. The van der Waals surface area contributed by atoms with Gasteiger partial charge in [-0.1, -0.05) is 0 Å². The van der Waals surface area contributed by atoms with Crippen LogP contribution in [0.4, 0.5) is 13.2 Å². The van der Waals surface area contributed by atoms with Crippen LogP contribution in [0.2, 0.25) is 0 Å². The second-order valence-corrected chi connectivity index (χ2v) is 3.57. The lowest BCUT2D eigenvalue weighted by atomic mass is 10.0. The minimum atomic E-state index is -4.94. The van der Waals surface area contributed by atoms with Crippen molar-refractivity contribution in [2.24, 2.45) is 0 Å². The Labute approximate surface area is 107 Å². The molecular weight excluding hydrogens is 263 g/mol. The van der Waals surface area contributed by atoms with Gasteiger partial charge < -0.3 is 9.47 Å². The molecule has 0 heterocycles. The Bertz CT molecular complexity index is 532. The predicted molar refractivity (Wildman–Crippen MR) is 58.5 cm³/mol. The van der Waals surface area contributed by atoms with Gasteiger partial charge in [0.05, 0.1) is 12.2 Å². The molecule has 0 aliphatic rings. The van der Waals surface area contributed by atoms with Crippen molar-refractivity contribution in [3.05, 3.63) is 28.8 Å². The van der Waals surface area contributed by atoms with Crippen LogP contribution in [-0.4, -0.2) is 18.9 Å². The summed E-state index contributed by atoms with van der Waals surface area (Å²) in [4.78, 5) is 11.6. The molecule has 0 saturated heterocycles. The highest BCUT2D eigenvalue weighted by Crippen LogP contribution is 2.30. The van der Waals surface area contributed by atoms with Gasteiger partial charge in [0.15, 0.2) is 0 Å². The third-order valence-corrected chi connectivity index (χ3v) is 2.08. The summed E-state index contributed by atoms with van der Waals surface area (Å²) in [7, 11) is 0. The van der Waals surface area contributed by atoms with E-state index in [1.165, 1.54) is 19.1 Å². The van der Waals surface area contributed by atoms with Crippen LogP contribution in [0, 0.1) is 18.3 Å². The third-order valence-electron chi connectivity index (χ3n) is 2.08. The number of hydrogen-bond donors (Lipinski definition) is 0. The summed E-state index contributed by atoms with van der Waals surface area (Å²) in [5, 5.41) is 8.90. The summed E-state index contributed by atoms with van der Waals surface area (Å²) in [5.41, 5.74) is -0.397. The van der Waals surface area contributed by atoms with E-state index in [1.807, 2.05) is 0 Å². The number of rotatable bonds is 3. The zero-order valence-electron chi connectivity index (χ0n) is 10.2. The molecule has 1 aromatic rings. The molecule has 1 aromatic carbocycles. The van der Waals surface area contributed by atoms with Crippen LogP contribution in [0.1, 0.15) is 28.4 Å². The maximum absolute atomic E-state index is 12.2. The average Bonchev–Trinajstić information content (AvgIpc) is 2.26. The number of hydrogen-bond acceptors (Lipinski definition) is 4. The highest BCUT2D eigenvalue weighted by atomic mass is 19.4. The van der Waals surface area contributed by atoms with Crippen molar-refractivity contribution in [3.63, 3.8) is 0 Å². The quantitative estimate of drug-likeness (QED) is 0.794. The van der Waals surface area contributed by atoms with Gasteiger partial charge in [-0.05, 0) is 31.5 Å². The number of aryl methyl sites for hydroxylation is 1. The van der Waals surface area contributed by atoms with E-state index in [2.05, 4.69) is 9.47 Å². The molecule has 0 amide bonds. The molecule has 0 aliphatic carbocycles. The Morgan fingerprint density at radius 2 is 2.05 bits per heavy atom. The number of nitriles is 1. The average molecular weight is 273 g/mol. The first kappa shape index (κ1) is 14.8. The molecule has 0 unspecified atom stereocenters. The summed E-state index contributed by atoms with van der Waals surface area (Å²) < 4.78 is 45.1. The highest BCUT2D eigenvalue weighted by Gasteiger charge is 2.33. The summed E-state index contributed by atoms with van der Waals surface area (Å²) in [5.74, 6) is -1.58. The fourth-order valence-corrected chi connectivity index (χ4v) is 1.44. The van der Waals surface area contributed by atoms with Crippen molar-refractivity contribution in [1.29, 1.82) is 5.26 Å². The maximum Gasteiger partial charge on any atom is 0.573 e. The Hall–Kier alpha value is -2.23. The molecule has 1 rings (SSSR count). The third kappa shape index (κ3) is 3.88. The van der Waals surface area contributed by atoms with Crippen molar-refractivity contribution >= 4 is 5.97 Å². The standard InChI is InChI=1S/C12H10F3NO3/c1-3-18-11(17)8-4-7(2)5-10(9(8)6-16)19-12(13,14)15/h4-5H,3H2,1-2H3. The van der Waals surface area contributed by atoms with Gasteiger partial charge in [-0.15, -0.1) is 13.2 Å². The van der Waals surface area contributed by atoms with E-state index in [1.54, 1.807) is 6.92 Å². The number of ether oxygens (including phenoxy) is 2. The van der Waals surface area contributed by atoms with Crippen LogP contribution >= 0.6 is 0 Å². The van der Waals surface area contributed by atoms with Crippen molar-refractivity contribution in [1.82, 2.24) is 0 Å². The number of nitrogens with zero attached hydrogens (tertiary/aromatic N) is 1. The molecule has 0 fully saturated rings. The van der Waals surface area contributed by atoms with Gasteiger partial charge in [0.1, 0.15) is 17.4 Å². The van der Waals surface area contributed by atoms with Gasteiger partial charge >= 0.3 is 12.3 Å². The number of carbonyl (C=O) groups is 1. The molecule has 0 bridgehead atoms. The zero-order valence-corrected chi connectivity index (χ0v) is 10.2. The van der Waals surface area contributed by atoms with Crippen LogP contribution in [-0.2, 0) is 4.74 Å². The van der Waals surface area contributed by atoms with Crippen molar-refractivity contribution in [2.75, 3.05) is 6.61 Å². The van der Waals surface area contributed by atoms with E-state index in [9.17, 15) is 18.0 Å². The fraction of sp³-hybridized carbons (Fsp3) is 0.333. The second kappa shape index (κ2) is 5.61. The van der Waals surface area contributed by atoms with Gasteiger partial charge in [0.2, 0.25) is 0 Å². The minimum Gasteiger partial charge on any atom is -0.462 e. The largest absolute Gasteiger partial charge is 0.573 e. The van der Waals surface area contributed by atoms with Crippen molar-refractivity contribution < 1.29 is 27.4 Å². The first-order chi connectivity index (χ1) is 8.78. The maximum atomic E-state index is 12.2. The van der Waals surface area contributed by atoms with Crippen LogP contribution in [0.3, 0.4) is 0 Å². The van der Waals surface area contributed by atoms with E-state index >= 15 is 0 Å². The fourth-order valence-electron chi connectivity index (χ4n) is 1.44. The minimum absolute atomic E-state index is 0.0487. The lowest BCUT2D eigenvalue weighted by Crippen LogP contribution is -2.19. The number of esters is 1. The number of carbonyl (C=O) groups excluding carboxylic acids is 1. The van der Waals surface area contributed by atoms with Crippen LogP contribution < -0.4 is 4.74 Å². The molecule has 7 heteroatoms. The summed E-state index contributed by atoms with van der Waals surface area (Å²) in [6.45, 7) is 3.08. The topological polar surface area (TPSA) is 59.3 Å². The number of benzene rings is 1.